The third-order valence-electron chi connectivity index (χ3n) is 4.49. The van der Waals surface area contributed by atoms with Crippen LogP contribution >= 0.6 is 0 Å². The van der Waals surface area contributed by atoms with Crippen LogP contribution < -0.4 is 5.32 Å². The van der Waals surface area contributed by atoms with Crippen LogP contribution in [-0.2, 0) is 0 Å². The van der Waals surface area contributed by atoms with Crippen molar-refractivity contribution >= 4 is 5.91 Å². The Hall–Kier alpha value is -2.07. The number of hydrogen-bond donors (Lipinski definition) is 1. The molecule has 2 aromatic rings. The van der Waals surface area contributed by atoms with Crippen LogP contribution in [-0.4, -0.2) is 41.1 Å². The van der Waals surface area contributed by atoms with Crippen molar-refractivity contribution in [2.75, 3.05) is 19.6 Å². The summed E-state index contributed by atoms with van der Waals surface area (Å²) in [6.45, 7) is 5.56. The summed E-state index contributed by atoms with van der Waals surface area (Å²) in [7, 11) is 0. The fourth-order valence-electron chi connectivity index (χ4n) is 3.18. The van der Waals surface area contributed by atoms with Crippen LogP contribution in [0.5, 0.6) is 0 Å². The van der Waals surface area contributed by atoms with Gasteiger partial charge in [0.25, 0.3) is 5.91 Å². The lowest BCUT2D eigenvalue weighted by Gasteiger charge is -2.32. The summed E-state index contributed by atoms with van der Waals surface area (Å²) < 4.78 is 2.03. The SMILES string of the molecule is CCCN1CCC(NC(=O)c2ccc(-n3cccc3)cc2)CC1. The van der Waals surface area contributed by atoms with Gasteiger partial charge in [0.1, 0.15) is 0 Å². The zero-order valence-corrected chi connectivity index (χ0v) is 13.7. The van der Waals surface area contributed by atoms with E-state index in [1.165, 1.54) is 13.0 Å². The summed E-state index contributed by atoms with van der Waals surface area (Å²) in [5, 5.41) is 3.18. The smallest absolute Gasteiger partial charge is 0.251 e. The van der Waals surface area contributed by atoms with Gasteiger partial charge in [-0.05, 0) is 62.2 Å². The van der Waals surface area contributed by atoms with Crippen molar-refractivity contribution in [2.24, 2.45) is 0 Å². The van der Waals surface area contributed by atoms with E-state index in [0.717, 1.165) is 37.2 Å². The predicted octanol–water partition coefficient (Wildman–Crippen LogP) is 3.08. The quantitative estimate of drug-likeness (QED) is 0.921. The largest absolute Gasteiger partial charge is 0.349 e. The van der Waals surface area contributed by atoms with Crippen LogP contribution in [0.1, 0.15) is 36.5 Å². The molecule has 122 valence electrons. The third kappa shape index (κ3) is 4.02. The maximum atomic E-state index is 12.4. The molecule has 0 atom stereocenters. The number of carbonyl (C=O) groups excluding carboxylic acids is 1. The van der Waals surface area contributed by atoms with Gasteiger partial charge in [-0.2, -0.15) is 0 Å². The number of nitrogens with zero attached hydrogens (tertiary/aromatic N) is 2. The number of aromatic nitrogens is 1. The van der Waals surface area contributed by atoms with Crippen LogP contribution in [0.2, 0.25) is 0 Å². The number of carbonyl (C=O) groups is 1. The fraction of sp³-hybridized carbons (Fsp3) is 0.421. The third-order valence-corrected chi connectivity index (χ3v) is 4.49. The van der Waals surface area contributed by atoms with Gasteiger partial charge in [0.05, 0.1) is 0 Å². The van der Waals surface area contributed by atoms with Crippen molar-refractivity contribution in [1.82, 2.24) is 14.8 Å². The highest BCUT2D eigenvalue weighted by Crippen LogP contribution is 2.13. The van der Waals surface area contributed by atoms with E-state index in [9.17, 15) is 4.79 Å². The summed E-state index contributed by atoms with van der Waals surface area (Å²) in [6, 6.07) is 12.1. The summed E-state index contributed by atoms with van der Waals surface area (Å²) in [6.07, 6.45) is 7.30. The van der Waals surface area contributed by atoms with Crippen molar-refractivity contribution < 1.29 is 4.79 Å². The summed E-state index contributed by atoms with van der Waals surface area (Å²) in [4.78, 5) is 14.9. The Labute approximate surface area is 138 Å². The summed E-state index contributed by atoms with van der Waals surface area (Å²) >= 11 is 0. The molecule has 0 saturated carbocycles. The monoisotopic (exact) mass is 311 g/mol. The molecule has 0 aliphatic carbocycles. The highest BCUT2D eigenvalue weighted by atomic mass is 16.1. The maximum absolute atomic E-state index is 12.4. The molecule has 4 nitrogen and oxygen atoms in total. The van der Waals surface area contributed by atoms with Gasteiger partial charge < -0.3 is 14.8 Å². The molecule has 0 bridgehead atoms. The molecule has 0 unspecified atom stereocenters. The average molecular weight is 311 g/mol. The Morgan fingerprint density at radius 2 is 1.78 bits per heavy atom. The molecule has 2 heterocycles. The molecule has 23 heavy (non-hydrogen) atoms. The van der Waals surface area contributed by atoms with E-state index in [1.54, 1.807) is 0 Å². The molecule has 0 radical (unpaired) electrons. The van der Waals surface area contributed by atoms with Gasteiger partial charge in [0.15, 0.2) is 0 Å². The molecule has 1 amide bonds. The first-order valence-electron chi connectivity index (χ1n) is 8.53. The Bertz CT molecular complexity index is 611. The van der Waals surface area contributed by atoms with Crippen LogP contribution in [0.15, 0.2) is 48.8 Å². The van der Waals surface area contributed by atoms with Crippen molar-refractivity contribution in [1.29, 1.82) is 0 Å². The first-order chi connectivity index (χ1) is 11.3. The molecule has 3 rings (SSSR count). The number of nitrogens with one attached hydrogen (secondary N) is 1. The van der Waals surface area contributed by atoms with E-state index in [2.05, 4.69) is 17.1 Å². The van der Waals surface area contributed by atoms with Crippen LogP contribution in [0.3, 0.4) is 0 Å². The molecular weight excluding hydrogens is 286 g/mol. The lowest BCUT2D eigenvalue weighted by atomic mass is 10.0. The van der Waals surface area contributed by atoms with Gasteiger partial charge >= 0.3 is 0 Å². The highest BCUT2D eigenvalue weighted by Gasteiger charge is 2.20. The Balaban J connectivity index is 1.54. The van der Waals surface area contributed by atoms with E-state index in [1.807, 2.05) is 53.4 Å². The van der Waals surface area contributed by atoms with Crippen molar-refractivity contribution in [3.8, 4) is 5.69 Å². The number of benzene rings is 1. The molecule has 1 saturated heterocycles. The maximum Gasteiger partial charge on any atom is 0.251 e. The Morgan fingerprint density at radius 3 is 2.39 bits per heavy atom. The van der Waals surface area contributed by atoms with Gasteiger partial charge in [-0.15, -0.1) is 0 Å². The molecule has 0 spiro atoms. The number of amides is 1. The van der Waals surface area contributed by atoms with E-state index >= 15 is 0 Å². The van der Waals surface area contributed by atoms with Crippen molar-refractivity contribution in [3.05, 3.63) is 54.4 Å². The lowest BCUT2D eigenvalue weighted by molar-refractivity contribution is 0.0911. The molecule has 1 aliphatic rings. The highest BCUT2D eigenvalue weighted by molar-refractivity contribution is 5.94. The van der Waals surface area contributed by atoms with E-state index in [-0.39, 0.29) is 5.91 Å². The second-order valence-corrected chi connectivity index (χ2v) is 6.23. The zero-order valence-electron chi connectivity index (χ0n) is 13.7. The number of hydrogen-bond acceptors (Lipinski definition) is 2. The van der Waals surface area contributed by atoms with Crippen LogP contribution in [0, 0.1) is 0 Å². The predicted molar refractivity (Wildman–Crippen MR) is 93.0 cm³/mol. The fourth-order valence-corrected chi connectivity index (χ4v) is 3.18. The first kappa shape index (κ1) is 15.8. The van der Waals surface area contributed by atoms with E-state index in [4.69, 9.17) is 0 Å². The number of likely N-dealkylation sites (tertiary alicyclic amines) is 1. The zero-order chi connectivity index (χ0) is 16.1. The summed E-state index contributed by atoms with van der Waals surface area (Å²) in [5.74, 6) is 0.0398. The van der Waals surface area contributed by atoms with Crippen molar-refractivity contribution in [2.45, 2.75) is 32.2 Å². The Kier molecular flexibility index (Phi) is 5.13. The molecule has 1 aromatic carbocycles. The summed E-state index contributed by atoms with van der Waals surface area (Å²) in [5.41, 5.74) is 1.80. The average Bonchev–Trinajstić information content (AvgIpc) is 3.11. The van der Waals surface area contributed by atoms with Gasteiger partial charge in [0, 0.05) is 42.8 Å². The second-order valence-electron chi connectivity index (χ2n) is 6.23. The number of rotatable bonds is 5. The number of piperidine rings is 1. The minimum Gasteiger partial charge on any atom is -0.349 e. The molecular formula is C19H25N3O. The lowest BCUT2D eigenvalue weighted by Crippen LogP contribution is -2.44. The molecule has 1 fully saturated rings. The van der Waals surface area contributed by atoms with Gasteiger partial charge in [-0.25, -0.2) is 0 Å². The van der Waals surface area contributed by atoms with E-state index in [0.29, 0.717) is 6.04 Å². The topological polar surface area (TPSA) is 37.3 Å². The van der Waals surface area contributed by atoms with Gasteiger partial charge in [0.2, 0.25) is 0 Å². The minimum atomic E-state index is 0.0398. The van der Waals surface area contributed by atoms with Crippen molar-refractivity contribution in [3.63, 3.8) is 0 Å². The standard InChI is InChI=1S/C19H25N3O/c1-2-11-21-14-9-17(10-15-21)20-19(23)16-5-7-18(8-6-16)22-12-3-4-13-22/h3-8,12-13,17H,2,9-11,14-15H2,1H3,(H,20,23). The molecule has 1 aromatic heterocycles. The van der Waals surface area contributed by atoms with Gasteiger partial charge in [-0.1, -0.05) is 6.92 Å². The second kappa shape index (κ2) is 7.47. The molecule has 4 heteroatoms. The van der Waals surface area contributed by atoms with Crippen LogP contribution in [0.4, 0.5) is 0 Å². The first-order valence-corrected chi connectivity index (χ1v) is 8.53. The normalized spacial score (nSPS) is 16.4. The van der Waals surface area contributed by atoms with Gasteiger partial charge in [-0.3, -0.25) is 4.79 Å². The van der Waals surface area contributed by atoms with Crippen LogP contribution in [0.25, 0.3) is 5.69 Å². The molecule has 1 aliphatic heterocycles. The molecule has 1 N–H and O–H groups in total. The minimum absolute atomic E-state index is 0.0398. The Morgan fingerprint density at radius 1 is 1.13 bits per heavy atom. The van der Waals surface area contributed by atoms with E-state index < -0.39 is 0 Å².